The normalized spacial score (nSPS) is 10.1. The van der Waals surface area contributed by atoms with Gasteiger partial charge in [-0.05, 0) is 18.2 Å². The molecule has 0 unspecified atom stereocenters. The van der Waals surface area contributed by atoms with Crippen LogP contribution in [0.2, 0.25) is 0 Å². The lowest BCUT2D eigenvalue weighted by Crippen LogP contribution is -2.24. The van der Waals surface area contributed by atoms with E-state index in [1.807, 2.05) is 14.1 Å². The van der Waals surface area contributed by atoms with Crippen molar-refractivity contribution in [2.75, 3.05) is 40.3 Å². The van der Waals surface area contributed by atoms with E-state index >= 15 is 0 Å². The zero-order valence-corrected chi connectivity index (χ0v) is 15.0. The Morgan fingerprint density at radius 3 is 2.28 bits per heavy atom. The summed E-state index contributed by atoms with van der Waals surface area (Å²) >= 11 is 0. The number of hydrogen-bond acceptors (Lipinski definition) is 7. The summed E-state index contributed by atoms with van der Waals surface area (Å²) < 4.78 is 15.8. The van der Waals surface area contributed by atoms with Crippen LogP contribution in [0.3, 0.4) is 0 Å². The van der Waals surface area contributed by atoms with Crippen LogP contribution < -0.4 is 24.4 Å². The molecule has 0 aliphatic heterocycles. The quantitative estimate of drug-likeness (QED) is 0.813. The van der Waals surface area contributed by atoms with Gasteiger partial charge in [0, 0.05) is 25.9 Å². The molecule has 0 spiro atoms. The standard InChI is InChI=1S/C17H22N4O4/c1-21(2)17-18-7-6-12(20-17)10-19-16(22)11-8-13(23-3)15(25-5)14(9-11)24-4/h6-9H,10H2,1-5H3,(H,19,22). The van der Waals surface area contributed by atoms with Crippen LogP contribution in [0.15, 0.2) is 24.4 Å². The van der Waals surface area contributed by atoms with Gasteiger partial charge in [-0.3, -0.25) is 4.79 Å². The van der Waals surface area contributed by atoms with Gasteiger partial charge >= 0.3 is 0 Å². The Morgan fingerprint density at radius 2 is 1.76 bits per heavy atom. The number of amides is 1. The number of benzene rings is 1. The van der Waals surface area contributed by atoms with Crippen molar-refractivity contribution in [1.82, 2.24) is 15.3 Å². The van der Waals surface area contributed by atoms with Crippen molar-refractivity contribution in [3.05, 3.63) is 35.7 Å². The van der Waals surface area contributed by atoms with Gasteiger partial charge in [-0.2, -0.15) is 0 Å². The van der Waals surface area contributed by atoms with E-state index < -0.39 is 0 Å². The summed E-state index contributed by atoms with van der Waals surface area (Å²) in [6.07, 6.45) is 1.66. The lowest BCUT2D eigenvalue weighted by atomic mass is 10.1. The third-order valence-electron chi connectivity index (χ3n) is 3.46. The first-order valence-electron chi connectivity index (χ1n) is 7.57. The number of rotatable bonds is 7. The number of aromatic nitrogens is 2. The number of methoxy groups -OCH3 is 3. The third-order valence-corrected chi connectivity index (χ3v) is 3.46. The van der Waals surface area contributed by atoms with Gasteiger partial charge in [0.25, 0.3) is 5.91 Å². The number of carbonyl (C=O) groups is 1. The third kappa shape index (κ3) is 4.28. The van der Waals surface area contributed by atoms with E-state index in [0.717, 1.165) is 0 Å². The minimum absolute atomic E-state index is 0.274. The topological polar surface area (TPSA) is 85.8 Å². The van der Waals surface area contributed by atoms with E-state index in [4.69, 9.17) is 14.2 Å². The molecule has 0 atom stereocenters. The molecular weight excluding hydrogens is 324 g/mol. The van der Waals surface area contributed by atoms with E-state index in [2.05, 4.69) is 15.3 Å². The van der Waals surface area contributed by atoms with Crippen molar-refractivity contribution >= 4 is 11.9 Å². The van der Waals surface area contributed by atoms with Gasteiger partial charge in [-0.15, -0.1) is 0 Å². The lowest BCUT2D eigenvalue weighted by Gasteiger charge is -2.14. The van der Waals surface area contributed by atoms with E-state index in [1.165, 1.54) is 21.3 Å². The smallest absolute Gasteiger partial charge is 0.251 e. The molecule has 0 bridgehead atoms. The van der Waals surface area contributed by atoms with Crippen molar-refractivity contribution in [3.8, 4) is 17.2 Å². The maximum atomic E-state index is 12.5. The average Bonchev–Trinajstić information content (AvgIpc) is 2.64. The summed E-state index contributed by atoms with van der Waals surface area (Å²) in [6.45, 7) is 0.277. The molecule has 8 heteroatoms. The molecule has 0 radical (unpaired) electrons. The van der Waals surface area contributed by atoms with Crippen LogP contribution in [-0.4, -0.2) is 51.3 Å². The van der Waals surface area contributed by atoms with Crippen molar-refractivity contribution < 1.29 is 19.0 Å². The monoisotopic (exact) mass is 346 g/mol. The molecule has 2 rings (SSSR count). The van der Waals surface area contributed by atoms with Crippen LogP contribution in [0.1, 0.15) is 16.1 Å². The molecule has 0 fully saturated rings. The number of nitrogens with one attached hydrogen (secondary N) is 1. The van der Waals surface area contributed by atoms with Gasteiger partial charge in [0.15, 0.2) is 11.5 Å². The van der Waals surface area contributed by atoms with Gasteiger partial charge in [-0.25, -0.2) is 9.97 Å². The van der Waals surface area contributed by atoms with Crippen LogP contribution >= 0.6 is 0 Å². The summed E-state index contributed by atoms with van der Waals surface area (Å²) in [7, 11) is 8.23. The number of carbonyl (C=O) groups excluding carboxylic acids is 1. The molecule has 8 nitrogen and oxygen atoms in total. The summed E-state index contributed by atoms with van der Waals surface area (Å²) in [5.74, 6) is 1.59. The van der Waals surface area contributed by atoms with E-state index in [0.29, 0.717) is 34.5 Å². The van der Waals surface area contributed by atoms with Gasteiger partial charge in [0.1, 0.15) is 0 Å². The SMILES string of the molecule is COc1cc(C(=O)NCc2ccnc(N(C)C)n2)cc(OC)c1OC. The maximum Gasteiger partial charge on any atom is 0.251 e. The zero-order chi connectivity index (χ0) is 18.4. The minimum atomic E-state index is -0.274. The molecule has 134 valence electrons. The average molecular weight is 346 g/mol. The number of ether oxygens (including phenoxy) is 3. The lowest BCUT2D eigenvalue weighted by molar-refractivity contribution is 0.0949. The number of anilines is 1. The van der Waals surface area contributed by atoms with Gasteiger partial charge in [0.2, 0.25) is 11.7 Å². The fraction of sp³-hybridized carbons (Fsp3) is 0.353. The Hall–Kier alpha value is -3.03. The van der Waals surface area contributed by atoms with Crippen molar-refractivity contribution in [3.63, 3.8) is 0 Å². The van der Waals surface area contributed by atoms with Crippen LogP contribution in [0, 0.1) is 0 Å². The first-order valence-corrected chi connectivity index (χ1v) is 7.57. The number of hydrogen-bond donors (Lipinski definition) is 1. The first-order chi connectivity index (χ1) is 12.0. The fourth-order valence-corrected chi connectivity index (χ4v) is 2.18. The maximum absolute atomic E-state index is 12.5. The molecule has 0 saturated carbocycles. The second-order valence-corrected chi connectivity index (χ2v) is 5.34. The molecule has 1 N–H and O–H groups in total. The van der Waals surface area contributed by atoms with Gasteiger partial charge in [-0.1, -0.05) is 0 Å². The second kappa shape index (κ2) is 8.18. The predicted molar refractivity (Wildman–Crippen MR) is 93.6 cm³/mol. The Kier molecular flexibility index (Phi) is 5.99. The molecule has 1 aromatic carbocycles. The summed E-state index contributed by atoms with van der Waals surface area (Å²) in [5, 5.41) is 2.82. The van der Waals surface area contributed by atoms with E-state index in [1.54, 1.807) is 29.3 Å². The molecule has 0 aliphatic rings. The second-order valence-electron chi connectivity index (χ2n) is 5.34. The molecule has 0 saturated heterocycles. The Bertz CT molecular complexity index is 724. The highest BCUT2D eigenvalue weighted by Gasteiger charge is 2.17. The summed E-state index contributed by atoms with van der Waals surface area (Å²) in [6, 6.07) is 4.95. The highest BCUT2D eigenvalue weighted by molar-refractivity contribution is 5.95. The number of nitrogens with zero attached hydrogens (tertiary/aromatic N) is 3. The molecule has 0 aliphatic carbocycles. The van der Waals surface area contributed by atoms with Crippen LogP contribution in [0.25, 0.3) is 0 Å². The van der Waals surface area contributed by atoms with E-state index in [-0.39, 0.29) is 12.5 Å². The molecule has 1 heterocycles. The molecule has 2 aromatic rings. The van der Waals surface area contributed by atoms with Crippen LogP contribution in [0.4, 0.5) is 5.95 Å². The highest BCUT2D eigenvalue weighted by Crippen LogP contribution is 2.38. The fourth-order valence-electron chi connectivity index (χ4n) is 2.18. The first kappa shape index (κ1) is 18.3. The predicted octanol–water partition coefficient (Wildman–Crippen LogP) is 1.50. The van der Waals surface area contributed by atoms with Crippen molar-refractivity contribution in [2.24, 2.45) is 0 Å². The minimum Gasteiger partial charge on any atom is -0.493 e. The zero-order valence-electron chi connectivity index (χ0n) is 15.0. The Balaban J connectivity index is 2.17. The van der Waals surface area contributed by atoms with Crippen molar-refractivity contribution in [2.45, 2.75) is 6.54 Å². The van der Waals surface area contributed by atoms with Crippen LogP contribution in [-0.2, 0) is 6.54 Å². The highest BCUT2D eigenvalue weighted by atomic mass is 16.5. The largest absolute Gasteiger partial charge is 0.493 e. The van der Waals surface area contributed by atoms with Crippen LogP contribution in [0.5, 0.6) is 17.2 Å². The van der Waals surface area contributed by atoms with E-state index in [9.17, 15) is 4.79 Å². The summed E-state index contributed by atoms with van der Waals surface area (Å²) in [4.78, 5) is 22.8. The van der Waals surface area contributed by atoms with Gasteiger partial charge < -0.3 is 24.4 Å². The van der Waals surface area contributed by atoms with Gasteiger partial charge in [0.05, 0.1) is 33.6 Å². The van der Waals surface area contributed by atoms with Crippen molar-refractivity contribution in [1.29, 1.82) is 0 Å². The Labute approximate surface area is 146 Å². The molecule has 1 aromatic heterocycles. The summed E-state index contributed by atoms with van der Waals surface area (Å²) in [5.41, 5.74) is 1.11. The molecule has 25 heavy (non-hydrogen) atoms. The molecule has 1 amide bonds. The Morgan fingerprint density at radius 1 is 1.12 bits per heavy atom. The molecular formula is C17H22N4O4.